The highest BCUT2D eigenvalue weighted by Gasteiger charge is 2.17. The molecule has 8 heteroatoms. The summed E-state index contributed by atoms with van der Waals surface area (Å²) in [6.07, 6.45) is 1.07. The van der Waals surface area contributed by atoms with Gasteiger partial charge in [-0.2, -0.15) is 11.8 Å². The molecule has 1 amide bonds. The first kappa shape index (κ1) is 21.2. The SMILES string of the molecule is Cc1ccc(CN2CCSCC2)cc1NC(=O)c1ccc(Cl)c(S(C)(=O)=O)c1. The van der Waals surface area contributed by atoms with E-state index < -0.39 is 9.84 Å². The molecule has 1 saturated heterocycles. The summed E-state index contributed by atoms with van der Waals surface area (Å²) in [4.78, 5) is 15.1. The van der Waals surface area contributed by atoms with E-state index in [9.17, 15) is 13.2 Å². The van der Waals surface area contributed by atoms with Crippen LogP contribution in [0.25, 0.3) is 0 Å². The number of thioether (sulfide) groups is 1. The molecule has 0 atom stereocenters. The van der Waals surface area contributed by atoms with Crippen molar-refractivity contribution >= 4 is 44.8 Å². The van der Waals surface area contributed by atoms with Gasteiger partial charge in [-0.15, -0.1) is 0 Å². The van der Waals surface area contributed by atoms with Crippen molar-refractivity contribution < 1.29 is 13.2 Å². The minimum atomic E-state index is -3.51. The Balaban J connectivity index is 1.79. The molecule has 2 aromatic rings. The fraction of sp³-hybridized carbons (Fsp3) is 0.350. The van der Waals surface area contributed by atoms with Crippen molar-refractivity contribution in [3.63, 3.8) is 0 Å². The van der Waals surface area contributed by atoms with Gasteiger partial charge in [0.25, 0.3) is 5.91 Å². The Morgan fingerprint density at radius 1 is 1.18 bits per heavy atom. The number of hydrogen-bond acceptors (Lipinski definition) is 5. The van der Waals surface area contributed by atoms with Crippen LogP contribution in [-0.2, 0) is 16.4 Å². The number of rotatable bonds is 5. The van der Waals surface area contributed by atoms with Crippen LogP contribution >= 0.6 is 23.4 Å². The van der Waals surface area contributed by atoms with Crippen LogP contribution in [0.1, 0.15) is 21.5 Å². The zero-order chi connectivity index (χ0) is 20.3. The van der Waals surface area contributed by atoms with Crippen LogP contribution in [0.3, 0.4) is 0 Å². The highest BCUT2D eigenvalue weighted by Crippen LogP contribution is 2.24. The summed E-state index contributed by atoms with van der Waals surface area (Å²) in [5, 5.41) is 3.01. The lowest BCUT2D eigenvalue weighted by Gasteiger charge is -2.26. The van der Waals surface area contributed by atoms with Crippen LogP contribution < -0.4 is 5.32 Å². The van der Waals surface area contributed by atoms with E-state index in [0.717, 1.165) is 54.2 Å². The fourth-order valence-corrected chi connectivity index (χ4v) is 5.32. The fourth-order valence-electron chi connectivity index (χ4n) is 3.04. The average molecular weight is 439 g/mol. The monoisotopic (exact) mass is 438 g/mol. The summed E-state index contributed by atoms with van der Waals surface area (Å²) >= 11 is 7.94. The Bertz CT molecular complexity index is 987. The van der Waals surface area contributed by atoms with Crippen LogP contribution in [0.15, 0.2) is 41.3 Å². The number of aryl methyl sites for hydroxylation is 1. The zero-order valence-corrected chi connectivity index (χ0v) is 18.3. The van der Waals surface area contributed by atoms with Crippen molar-refractivity contribution in [3.05, 3.63) is 58.1 Å². The quantitative estimate of drug-likeness (QED) is 0.767. The summed E-state index contributed by atoms with van der Waals surface area (Å²) in [7, 11) is -3.51. The largest absolute Gasteiger partial charge is 0.322 e. The maximum absolute atomic E-state index is 12.7. The van der Waals surface area contributed by atoms with Gasteiger partial charge in [0.15, 0.2) is 9.84 Å². The molecular weight excluding hydrogens is 416 g/mol. The number of anilines is 1. The Kier molecular flexibility index (Phi) is 6.70. The van der Waals surface area contributed by atoms with E-state index in [-0.39, 0.29) is 21.4 Å². The van der Waals surface area contributed by atoms with Gasteiger partial charge in [0.2, 0.25) is 0 Å². The van der Waals surface area contributed by atoms with E-state index in [2.05, 4.69) is 16.3 Å². The molecule has 0 unspecified atom stereocenters. The number of benzene rings is 2. The third-order valence-corrected chi connectivity index (χ3v) is 7.17. The molecule has 150 valence electrons. The molecule has 0 saturated carbocycles. The van der Waals surface area contributed by atoms with Crippen molar-refractivity contribution in [1.29, 1.82) is 0 Å². The molecule has 0 bridgehead atoms. The van der Waals surface area contributed by atoms with Crippen molar-refractivity contribution in [2.75, 3.05) is 36.2 Å². The first-order valence-corrected chi connectivity index (χ1v) is 12.4. The molecule has 1 heterocycles. The number of sulfone groups is 1. The predicted molar refractivity (Wildman–Crippen MR) is 116 cm³/mol. The van der Waals surface area contributed by atoms with Crippen LogP contribution in [0, 0.1) is 6.92 Å². The summed E-state index contributed by atoms with van der Waals surface area (Å²) in [5.41, 5.74) is 3.07. The van der Waals surface area contributed by atoms with E-state index in [4.69, 9.17) is 11.6 Å². The van der Waals surface area contributed by atoms with E-state index >= 15 is 0 Å². The number of hydrogen-bond donors (Lipinski definition) is 1. The van der Waals surface area contributed by atoms with E-state index in [1.807, 2.05) is 30.8 Å². The second-order valence-electron chi connectivity index (χ2n) is 6.91. The summed E-state index contributed by atoms with van der Waals surface area (Å²) in [6.45, 7) is 4.92. The standard InChI is InChI=1S/C20H23ClN2O3S2/c1-14-3-4-15(13-23-7-9-27-10-8-23)11-18(14)22-20(24)16-5-6-17(21)19(12-16)28(2,25)26/h3-6,11-12H,7-10,13H2,1-2H3,(H,22,24). The second kappa shape index (κ2) is 8.86. The van der Waals surface area contributed by atoms with Gasteiger partial charge >= 0.3 is 0 Å². The van der Waals surface area contributed by atoms with Gasteiger partial charge in [-0.1, -0.05) is 23.7 Å². The lowest BCUT2D eigenvalue weighted by Crippen LogP contribution is -2.32. The maximum atomic E-state index is 12.7. The van der Waals surface area contributed by atoms with Gasteiger partial charge in [0.05, 0.1) is 9.92 Å². The first-order valence-electron chi connectivity index (χ1n) is 8.94. The van der Waals surface area contributed by atoms with Gasteiger partial charge in [-0.3, -0.25) is 9.69 Å². The van der Waals surface area contributed by atoms with Crippen LogP contribution in [-0.4, -0.2) is 50.1 Å². The zero-order valence-electron chi connectivity index (χ0n) is 15.9. The Morgan fingerprint density at radius 3 is 2.57 bits per heavy atom. The predicted octanol–water partition coefficient (Wildman–Crippen LogP) is 3.85. The van der Waals surface area contributed by atoms with Crippen LogP contribution in [0.4, 0.5) is 5.69 Å². The smallest absolute Gasteiger partial charge is 0.255 e. The Hall–Kier alpha value is -1.54. The molecule has 1 aliphatic rings. The Labute approximate surface area is 175 Å². The Morgan fingerprint density at radius 2 is 1.89 bits per heavy atom. The van der Waals surface area contributed by atoms with Crippen molar-refractivity contribution in [2.45, 2.75) is 18.4 Å². The molecule has 28 heavy (non-hydrogen) atoms. The van der Waals surface area contributed by atoms with Crippen molar-refractivity contribution in [2.24, 2.45) is 0 Å². The molecule has 0 aliphatic carbocycles. The van der Waals surface area contributed by atoms with Crippen LogP contribution in [0.5, 0.6) is 0 Å². The average Bonchev–Trinajstić information content (AvgIpc) is 2.64. The van der Waals surface area contributed by atoms with Gasteiger partial charge < -0.3 is 5.32 Å². The topological polar surface area (TPSA) is 66.5 Å². The molecule has 1 N–H and O–H groups in total. The van der Waals surface area contributed by atoms with Gasteiger partial charge in [0.1, 0.15) is 0 Å². The van der Waals surface area contributed by atoms with Crippen molar-refractivity contribution in [1.82, 2.24) is 4.90 Å². The minimum absolute atomic E-state index is 0.0461. The highest BCUT2D eigenvalue weighted by atomic mass is 35.5. The summed E-state index contributed by atoms with van der Waals surface area (Å²) in [5.74, 6) is 1.93. The molecule has 1 fully saturated rings. The van der Waals surface area contributed by atoms with Gasteiger partial charge in [-0.25, -0.2) is 8.42 Å². The summed E-state index contributed by atoms with van der Waals surface area (Å²) < 4.78 is 23.7. The number of amides is 1. The van der Waals surface area contributed by atoms with Crippen LogP contribution in [0.2, 0.25) is 5.02 Å². The number of nitrogens with zero attached hydrogens (tertiary/aromatic N) is 1. The normalized spacial score (nSPS) is 15.4. The van der Waals surface area contributed by atoms with E-state index in [0.29, 0.717) is 0 Å². The minimum Gasteiger partial charge on any atom is -0.322 e. The molecule has 5 nitrogen and oxygen atoms in total. The number of halogens is 1. The first-order chi connectivity index (χ1) is 13.2. The molecule has 3 rings (SSSR count). The van der Waals surface area contributed by atoms with Crippen molar-refractivity contribution in [3.8, 4) is 0 Å². The third kappa shape index (κ3) is 5.29. The van der Waals surface area contributed by atoms with Gasteiger partial charge in [0, 0.05) is 48.6 Å². The lowest BCUT2D eigenvalue weighted by atomic mass is 10.1. The highest BCUT2D eigenvalue weighted by molar-refractivity contribution is 7.99. The molecule has 0 spiro atoms. The van der Waals surface area contributed by atoms with E-state index in [1.54, 1.807) is 0 Å². The number of carbonyl (C=O) groups is 1. The molecular formula is C20H23ClN2O3S2. The van der Waals surface area contributed by atoms with E-state index in [1.165, 1.54) is 18.2 Å². The third-order valence-electron chi connectivity index (χ3n) is 4.65. The molecule has 0 aromatic heterocycles. The number of carbonyl (C=O) groups excluding carboxylic acids is 1. The maximum Gasteiger partial charge on any atom is 0.255 e. The molecule has 0 radical (unpaired) electrons. The summed E-state index contributed by atoms with van der Waals surface area (Å²) in [6, 6.07) is 10.3. The molecule has 1 aliphatic heterocycles. The van der Waals surface area contributed by atoms with Gasteiger partial charge in [-0.05, 0) is 42.3 Å². The molecule has 2 aromatic carbocycles. The second-order valence-corrected chi connectivity index (χ2v) is 10.5. The number of nitrogens with one attached hydrogen (secondary N) is 1. The lowest BCUT2D eigenvalue weighted by molar-refractivity contribution is 0.102.